The molecule has 0 spiro atoms. The van der Waals surface area contributed by atoms with Crippen molar-refractivity contribution in [2.45, 2.75) is 224 Å². The van der Waals surface area contributed by atoms with E-state index in [1.165, 1.54) is 82.8 Å². The summed E-state index contributed by atoms with van der Waals surface area (Å²) >= 11 is 0. The van der Waals surface area contributed by atoms with Crippen molar-refractivity contribution in [3.63, 3.8) is 0 Å². The van der Waals surface area contributed by atoms with E-state index in [1.807, 2.05) is 0 Å². The summed E-state index contributed by atoms with van der Waals surface area (Å²) in [5.41, 5.74) is 2.53. The highest BCUT2D eigenvalue weighted by Crippen LogP contribution is 2.31. The average Bonchev–Trinajstić information content (AvgIpc) is 2.77. The minimum atomic E-state index is 0.123. The minimum Gasteiger partial charge on any atom is -0.314 e. The van der Waals surface area contributed by atoms with Gasteiger partial charge in [0.25, 0.3) is 0 Å². The van der Waals surface area contributed by atoms with Crippen LogP contribution in [0.4, 0.5) is 0 Å². The average molecular weight is 617 g/mol. The summed E-state index contributed by atoms with van der Waals surface area (Å²) < 4.78 is 0. The molecule has 3 aliphatic rings. The first-order chi connectivity index (χ1) is 20.1. The Morgan fingerprint density at radius 3 is 1.23 bits per heavy atom. The maximum absolute atomic E-state index is 5.50. The molecule has 44 heavy (non-hydrogen) atoms. The van der Waals surface area contributed by atoms with Crippen molar-refractivity contribution >= 4 is 5.71 Å². The van der Waals surface area contributed by atoms with Gasteiger partial charge in [0, 0.05) is 69.9 Å². The third-order valence-corrected chi connectivity index (χ3v) is 10.0. The van der Waals surface area contributed by atoms with Crippen molar-refractivity contribution in [3.05, 3.63) is 0 Å². The third kappa shape index (κ3) is 14.1. The highest BCUT2D eigenvalue weighted by atomic mass is 15.1. The van der Waals surface area contributed by atoms with Gasteiger partial charge in [0.2, 0.25) is 0 Å². The second-order valence-electron chi connectivity index (χ2n) is 19.2. The van der Waals surface area contributed by atoms with Crippen LogP contribution in [0.15, 0.2) is 4.99 Å². The molecule has 5 N–H and O–H groups in total. The molecule has 0 aliphatic carbocycles. The van der Waals surface area contributed by atoms with E-state index >= 15 is 0 Å². The molecule has 6 heteroatoms. The summed E-state index contributed by atoms with van der Waals surface area (Å²) in [4.78, 5) is 5.50. The van der Waals surface area contributed by atoms with Crippen LogP contribution in [-0.2, 0) is 0 Å². The van der Waals surface area contributed by atoms with Crippen molar-refractivity contribution in [1.82, 2.24) is 26.6 Å². The fourth-order valence-electron chi connectivity index (χ4n) is 9.62. The Morgan fingerprint density at radius 2 is 0.864 bits per heavy atom. The number of hydrogen-bond donors (Lipinski definition) is 5. The van der Waals surface area contributed by atoms with Gasteiger partial charge >= 0.3 is 0 Å². The number of aliphatic imine (C=N–C) groups is 1. The first-order valence-electron chi connectivity index (χ1n) is 18.5. The normalized spacial score (nSPS) is 26.2. The van der Waals surface area contributed by atoms with Crippen LogP contribution in [-0.4, -0.2) is 70.2 Å². The number of rotatable bonds is 15. The monoisotopic (exact) mass is 617 g/mol. The Labute approximate surface area is 274 Å². The molecule has 0 bridgehead atoms. The van der Waals surface area contributed by atoms with E-state index in [-0.39, 0.29) is 33.2 Å². The lowest BCUT2D eigenvalue weighted by Gasteiger charge is -2.46. The fraction of sp³-hybridized carbons (Fsp3) is 0.974. The SMILES string of the molecule is CC1(C)CC(=NC(CCCCCNC2CC(C)(C)NC(C)(C)C2)CCCCCNC2CC(C)(C)NC(C)(C)C2)CC(C)(C)N1. The van der Waals surface area contributed by atoms with E-state index in [0.717, 1.165) is 25.9 Å². The van der Waals surface area contributed by atoms with Crippen molar-refractivity contribution in [3.8, 4) is 0 Å². The molecule has 0 aromatic rings. The molecule has 0 aromatic heterocycles. The Kier molecular flexibility index (Phi) is 13.0. The molecule has 0 atom stereocenters. The molecule has 0 radical (unpaired) electrons. The van der Waals surface area contributed by atoms with Gasteiger partial charge in [-0.2, -0.15) is 0 Å². The van der Waals surface area contributed by atoms with Gasteiger partial charge in [-0.05, 0) is 148 Å². The van der Waals surface area contributed by atoms with Gasteiger partial charge < -0.3 is 26.6 Å². The zero-order valence-corrected chi connectivity index (χ0v) is 31.5. The maximum Gasteiger partial charge on any atom is 0.0499 e. The minimum absolute atomic E-state index is 0.123. The lowest BCUT2D eigenvalue weighted by molar-refractivity contribution is 0.145. The predicted molar refractivity (Wildman–Crippen MR) is 193 cm³/mol. The van der Waals surface area contributed by atoms with Crippen LogP contribution in [0.3, 0.4) is 0 Å². The number of unbranched alkanes of at least 4 members (excludes halogenated alkanes) is 4. The Hall–Kier alpha value is -0.530. The van der Waals surface area contributed by atoms with Crippen LogP contribution in [0.25, 0.3) is 0 Å². The standard InChI is InChI=1S/C38H76N6/c1-33(2)23-30(24-34(3,4)42-33)39-21-17-13-15-19-29(41-32-27-37(9,10)44-38(11,12)28-32)20-16-14-18-22-40-31-25-35(5,6)43-36(7,8)26-31/h29-31,39-40,42-44H,13-28H2,1-12H3. The summed E-state index contributed by atoms with van der Waals surface area (Å²) in [7, 11) is 0. The summed E-state index contributed by atoms with van der Waals surface area (Å²) in [5, 5.41) is 19.3. The van der Waals surface area contributed by atoms with Crippen LogP contribution < -0.4 is 26.6 Å². The fourth-order valence-corrected chi connectivity index (χ4v) is 9.62. The molecule has 0 aromatic carbocycles. The zero-order valence-electron chi connectivity index (χ0n) is 31.5. The lowest BCUT2D eigenvalue weighted by Crippen LogP contribution is -2.61. The highest BCUT2D eigenvalue weighted by Gasteiger charge is 2.39. The number of piperidine rings is 3. The summed E-state index contributed by atoms with van der Waals surface area (Å²) in [6.45, 7) is 30.4. The van der Waals surface area contributed by atoms with Gasteiger partial charge in [-0.25, -0.2) is 0 Å². The molecule has 3 aliphatic heterocycles. The number of hydrogen-bond acceptors (Lipinski definition) is 6. The molecule has 3 saturated heterocycles. The molecule has 258 valence electrons. The second kappa shape index (κ2) is 15.1. The molecule has 0 unspecified atom stereocenters. The predicted octanol–water partition coefficient (Wildman–Crippen LogP) is 7.66. The van der Waals surface area contributed by atoms with E-state index in [9.17, 15) is 0 Å². The smallest absolute Gasteiger partial charge is 0.0499 e. The first-order valence-corrected chi connectivity index (χ1v) is 18.5. The lowest BCUT2D eigenvalue weighted by atomic mass is 9.79. The van der Waals surface area contributed by atoms with E-state index in [4.69, 9.17) is 4.99 Å². The molecule has 0 saturated carbocycles. The van der Waals surface area contributed by atoms with Crippen LogP contribution in [0.5, 0.6) is 0 Å². The van der Waals surface area contributed by atoms with Crippen molar-refractivity contribution in [2.24, 2.45) is 4.99 Å². The van der Waals surface area contributed by atoms with E-state index in [2.05, 4.69) is 110 Å². The van der Waals surface area contributed by atoms with Gasteiger partial charge in [0.1, 0.15) is 0 Å². The molecule has 0 amide bonds. The Morgan fingerprint density at radius 1 is 0.523 bits per heavy atom. The number of nitrogens with zero attached hydrogens (tertiary/aromatic N) is 1. The molecule has 3 rings (SSSR count). The topological polar surface area (TPSA) is 72.5 Å². The van der Waals surface area contributed by atoms with Crippen LogP contribution in [0, 0.1) is 0 Å². The van der Waals surface area contributed by atoms with Crippen molar-refractivity contribution in [1.29, 1.82) is 0 Å². The molecular formula is C38H76N6. The number of nitrogens with one attached hydrogen (secondary N) is 5. The van der Waals surface area contributed by atoms with E-state index in [0.29, 0.717) is 18.1 Å². The highest BCUT2D eigenvalue weighted by molar-refractivity contribution is 5.87. The maximum atomic E-state index is 5.50. The van der Waals surface area contributed by atoms with Gasteiger partial charge in [0.05, 0.1) is 0 Å². The quantitative estimate of drug-likeness (QED) is 0.122. The van der Waals surface area contributed by atoms with Crippen molar-refractivity contribution in [2.75, 3.05) is 13.1 Å². The van der Waals surface area contributed by atoms with Gasteiger partial charge in [0.15, 0.2) is 0 Å². The second-order valence-corrected chi connectivity index (χ2v) is 19.2. The van der Waals surface area contributed by atoms with Gasteiger partial charge in [-0.15, -0.1) is 0 Å². The summed E-state index contributed by atoms with van der Waals surface area (Å²) in [6, 6.07) is 1.72. The Balaban J connectivity index is 1.43. The molecule has 3 fully saturated rings. The molecule has 6 nitrogen and oxygen atoms in total. The molecular weight excluding hydrogens is 540 g/mol. The first kappa shape index (κ1) is 37.9. The Bertz CT molecular complexity index is 814. The van der Waals surface area contributed by atoms with E-state index in [1.54, 1.807) is 0 Å². The third-order valence-electron chi connectivity index (χ3n) is 10.0. The summed E-state index contributed by atoms with van der Waals surface area (Å²) in [5.74, 6) is 0. The van der Waals surface area contributed by atoms with Gasteiger partial charge in [-0.3, -0.25) is 4.99 Å². The van der Waals surface area contributed by atoms with Crippen LogP contribution >= 0.6 is 0 Å². The largest absolute Gasteiger partial charge is 0.314 e. The van der Waals surface area contributed by atoms with E-state index < -0.39 is 0 Å². The molecule has 3 heterocycles. The van der Waals surface area contributed by atoms with Crippen molar-refractivity contribution < 1.29 is 0 Å². The van der Waals surface area contributed by atoms with Gasteiger partial charge in [-0.1, -0.05) is 25.7 Å². The van der Waals surface area contributed by atoms with Crippen LogP contribution in [0.2, 0.25) is 0 Å². The summed E-state index contributed by atoms with van der Waals surface area (Å²) in [6.07, 6.45) is 17.2. The van der Waals surface area contributed by atoms with Crippen LogP contribution in [0.1, 0.15) is 173 Å². The zero-order chi connectivity index (χ0) is 32.9.